The molecule has 0 saturated heterocycles. The second kappa shape index (κ2) is 6.85. The Hall–Kier alpha value is -2.60. The van der Waals surface area contributed by atoms with Gasteiger partial charge in [-0.3, -0.25) is 9.59 Å². The minimum atomic E-state index is -0.0996. The number of carbonyl (C=O) groups is 2. The van der Waals surface area contributed by atoms with Crippen LogP contribution in [-0.4, -0.2) is 41.2 Å². The molecular formula is C21H22N2O3S. The number of furan rings is 1. The molecule has 5 nitrogen and oxygen atoms in total. The van der Waals surface area contributed by atoms with Crippen molar-refractivity contribution < 1.29 is 14.0 Å². The molecule has 0 unspecified atom stereocenters. The monoisotopic (exact) mass is 382 g/mol. The summed E-state index contributed by atoms with van der Waals surface area (Å²) in [5, 5.41) is 2.86. The summed E-state index contributed by atoms with van der Waals surface area (Å²) in [6, 6.07) is 9.58. The molecule has 0 bridgehead atoms. The van der Waals surface area contributed by atoms with Crippen molar-refractivity contribution in [2.75, 3.05) is 13.6 Å². The molecule has 2 aromatic heterocycles. The van der Waals surface area contributed by atoms with Gasteiger partial charge in [0.2, 0.25) is 0 Å². The molecule has 2 amide bonds. The number of benzene rings is 1. The molecule has 27 heavy (non-hydrogen) atoms. The number of carbonyl (C=O) groups excluding carboxylic acids is 2. The van der Waals surface area contributed by atoms with Gasteiger partial charge >= 0.3 is 0 Å². The molecule has 0 spiro atoms. The van der Waals surface area contributed by atoms with E-state index < -0.39 is 0 Å². The fourth-order valence-corrected chi connectivity index (χ4v) is 4.44. The van der Waals surface area contributed by atoms with E-state index >= 15 is 0 Å². The Morgan fingerprint density at radius 1 is 1.26 bits per heavy atom. The van der Waals surface area contributed by atoms with Gasteiger partial charge in [0.05, 0.1) is 12.1 Å². The first-order valence-corrected chi connectivity index (χ1v) is 9.98. The van der Waals surface area contributed by atoms with Gasteiger partial charge in [-0.2, -0.15) is 0 Å². The lowest BCUT2D eigenvalue weighted by atomic mass is 10.0. The van der Waals surface area contributed by atoms with Crippen molar-refractivity contribution in [2.24, 2.45) is 0 Å². The highest BCUT2D eigenvalue weighted by Gasteiger charge is 2.29. The van der Waals surface area contributed by atoms with Crippen molar-refractivity contribution in [3.63, 3.8) is 0 Å². The van der Waals surface area contributed by atoms with E-state index in [0.717, 1.165) is 27.0 Å². The molecule has 1 aromatic carbocycles. The fraction of sp³-hybridized carbons (Fsp3) is 0.333. The number of rotatable bonds is 3. The van der Waals surface area contributed by atoms with Gasteiger partial charge in [-0.15, -0.1) is 11.3 Å². The molecule has 1 aliphatic heterocycles. The number of hydrogen-bond donors (Lipinski definition) is 0. The quantitative estimate of drug-likeness (QED) is 0.683. The zero-order valence-corrected chi connectivity index (χ0v) is 16.5. The van der Waals surface area contributed by atoms with Gasteiger partial charge in [-0.05, 0) is 38.0 Å². The number of para-hydroxylation sites is 1. The second-order valence-electron chi connectivity index (χ2n) is 7.19. The molecule has 6 heteroatoms. The minimum absolute atomic E-state index is 0.0551. The lowest BCUT2D eigenvalue weighted by molar-refractivity contribution is 0.0706. The minimum Gasteiger partial charge on any atom is -0.451 e. The zero-order valence-electron chi connectivity index (χ0n) is 15.7. The zero-order chi connectivity index (χ0) is 19.1. The predicted molar refractivity (Wildman–Crippen MR) is 106 cm³/mol. The first-order chi connectivity index (χ1) is 13.0. The maximum Gasteiger partial charge on any atom is 0.289 e. The normalized spacial score (nSPS) is 13.9. The van der Waals surface area contributed by atoms with Crippen LogP contribution in [-0.2, 0) is 13.0 Å². The molecule has 0 fully saturated rings. The molecule has 0 atom stereocenters. The first kappa shape index (κ1) is 17.8. The van der Waals surface area contributed by atoms with Crippen molar-refractivity contribution in [3.05, 3.63) is 57.5 Å². The fourth-order valence-electron chi connectivity index (χ4n) is 3.35. The molecule has 0 radical (unpaired) electrons. The molecule has 3 aromatic rings. The molecule has 4 rings (SSSR count). The van der Waals surface area contributed by atoms with Crippen LogP contribution in [0.25, 0.3) is 11.0 Å². The molecule has 0 N–H and O–H groups in total. The molecular weight excluding hydrogens is 360 g/mol. The van der Waals surface area contributed by atoms with Crippen molar-refractivity contribution >= 4 is 34.1 Å². The highest BCUT2D eigenvalue weighted by molar-refractivity contribution is 7.10. The predicted octanol–water partition coefficient (Wildman–Crippen LogP) is 4.17. The Bertz CT molecular complexity index is 985. The standard InChI is InChI=1S/C21H22N2O3S/c1-13(2)22(3)20(24)16-12-27-19-11-23(9-8-15(16)19)21(25)18-10-14-6-4-5-7-17(14)26-18/h4-7,10,12-13H,8-9,11H2,1-3H3. The van der Waals surface area contributed by atoms with Gasteiger partial charge in [0.15, 0.2) is 5.76 Å². The first-order valence-electron chi connectivity index (χ1n) is 9.10. The Balaban J connectivity index is 1.55. The van der Waals surface area contributed by atoms with Gasteiger partial charge < -0.3 is 14.2 Å². The lowest BCUT2D eigenvalue weighted by Crippen LogP contribution is -2.37. The maximum absolute atomic E-state index is 12.9. The van der Waals surface area contributed by atoms with Gasteiger partial charge in [0.1, 0.15) is 5.58 Å². The molecule has 0 aliphatic carbocycles. The summed E-state index contributed by atoms with van der Waals surface area (Å²) >= 11 is 1.56. The van der Waals surface area contributed by atoms with Gasteiger partial charge in [-0.1, -0.05) is 18.2 Å². The summed E-state index contributed by atoms with van der Waals surface area (Å²) in [5.74, 6) is 0.323. The summed E-state index contributed by atoms with van der Waals surface area (Å²) in [5.41, 5.74) is 2.59. The Morgan fingerprint density at radius 2 is 2.04 bits per heavy atom. The van der Waals surface area contributed by atoms with E-state index in [1.807, 2.05) is 50.5 Å². The van der Waals surface area contributed by atoms with Crippen LogP contribution in [0.4, 0.5) is 0 Å². The van der Waals surface area contributed by atoms with E-state index in [2.05, 4.69) is 0 Å². The van der Waals surface area contributed by atoms with E-state index in [1.165, 1.54) is 0 Å². The number of thiophene rings is 1. The largest absolute Gasteiger partial charge is 0.451 e. The highest BCUT2D eigenvalue weighted by atomic mass is 32.1. The number of hydrogen-bond acceptors (Lipinski definition) is 4. The summed E-state index contributed by atoms with van der Waals surface area (Å²) in [4.78, 5) is 30.2. The molecule has 0 saturated carbocycles. The van der Waals surface area contributed by atoms with Crippen molar-refractivity contribution in [3.8, 4) is 0 Å². The molecule has 140 valence electrons. The number of amides is 2. The Morgan fingerprint density at radius 3 is 2.78 bits per heavy atom. The van der Waals surface area contributed by atoms with E-state index in [1.54, 1.807) is 27.2 Å². The summed E-state index contributed by atoms with van der Waals surface area (Å²) in [6.07, 6.45) is 0.692. The van der Waals surface area contributed by atoms with Crippen LogP contribution in [0.5, 0.6) is 0 Å². The van der Waals surface area contributed by atoms with Crippen LogP contribution in [0.3, 0.4) is 0 Å². The average Bonchev–Trinajstić information content (AvgIpc) is 3.29. The third kappa shape index (κ3) is 3.14. The van der Waals surface area contributed by atoms with Gasteiger partial charge in [0.25, 0.3) is 11.8 Å². The van der Waals surface area contributed by atoms with Gasteiger partial charge in [0, 0.05) is 35.3 Å². The summed E-state index contributed by atoms with van der Waals surface area (Å²) in [7, 11) is 1.83. The topological polar surface area (TPSA) is 53.8 Å². The average molecular weight is 382 g/mol. The lowest BCUT2D eigenvalue weighted by Gasteiger charge is -2.27. The van der Waals surface area contributed by atoms with Crippen LogP contribution >= 0.6 is 11.3 Å². The third-order valence-corrected chi connectivity index (χ3v) is 6.21. The number of nitrogens with zero attached hydrogens (tertiary/aromatic N) is 2. The maximum atomic E-state index is 12.9. The third-order valence-electron chi connectivity index (χ3n) is 5.20. The van der Waals surface area contributed by atoms with Crippen LogP contribution in [0.15, 0.2) is 40.1 Å². The summed E-state index contributed by atoms with van der Waals surface area (Å²) < 4.78 is 5.72. The Labute approximate surface area is 162 Å². The second-order valence-corrected chi connectivity index (χ2v) is 8.15. The van der Waals surface area contributed by atoms with Crippen LogP contribution in [0, 0.1) is 0 Å². The van der Waals surface area contributed by atoms with Crippen LogP contribution in [0.1, 0.15) is 45.2 Å². The molecule has 3 heterocycles. The van der Waals surface area contributed by atoms with Crippen molar-refractivity contribution in [1.29, 1.82) is 0 Å². The van der Waals surface area contributed by atoms with Crippen LogP contribution < -0.4 is 0 Å². The van der Waals surface area contributed by atoms with E-state index in [0.29, 0.717) is 25.3 Å². The summed E-state index contributed by atoms with van der Waals surface area (Å²) in [6.45, 7) is 5.12. The number of fused-ring (bicyclic) bond motifs is 2. The molecule has 1 aliphatic rings. The highest BCUT2D eigenvalue weighted by Crippen LogP contribution is 2.31. The smallest absolute Gasteiger partial charge is 0.289 e. The van der Waals surface area contributed by atoms with Crippen molar-refractivity contribution in [1.82, 2.24) is 9.80 Å². The van der Waals surface area contributed by atoms with E-state index in [4.69, 9.17) is 4.42 Å². The van der Waals surface area contributed by atoms with Crippen LogP contribution in [0.2, 0.25) is 0 Å². The van der Waals surface area contributed by atoms with Crippen molar-refractivity contribution in [2.45, 2.75) is 32.9 Å². The Kier molecular flexibility index (Phi) is 4.52. The SMILES string of the molecule is CC(C)N(C)C(=O)c1csc2c1CCN(C(=O)c1cc3ccccc3o1)C2. The van der Waals surface area contributed by atoms with Gasteiger partial charge in [-0.25, -0.2) is 0 Å². The van der Waals surface area contributed by atoms with E-state index in [-0.39, 0.29) is 17.9 Å². The van der Waals surface area contributed by atoms with E-state index in [9.17, 15) is 9.59 Å².